The van der Waals surface area contributed by atoms with Gasteiger partial charge in [-0.15, -0.1) is 5.10 Å². The number of hydrogen-bond acceptors (Lipinski definition) is 4. The van der Waals surface area contributed by atoms with Crippen molar-refractivity contribution in [3.8, 4) is 5.69 Å². The van der Waals surface area contributed by atoms with Gasteiger partial charge in [0.2, 0.25) is 0 Å². The topological polar surface area (TPSA) is 94.0 Å². The zero-order valence-electron chi connectivity index (χ0n) is 10.9. The molecule has 2 aromatic rings. The number of nitrogens with two attached hydrogens (primary N) is 1. The van der Waals surface area contributed by atoms with Crippen molar-refractivity contribution in [3.05, 3.63) is 41.2 Å². The van der Waals surface area contributed by atoms with Crippen LogP contribution in [0, 0.1) is 0 Å². The van der Waals surface area contributed by atoms with Gasteiger partial charge in [0.25, 0.3) is 0 Å². The number of aromatic carboxylic acids is 1. The van der Waals surface area contributed by atoms with Gasteiger partial charge in [-0.05, 0) is 24.1 Å². The summed E-state index contributed by atoms with van der Waals surface area (Å²) in [5.41, 5.74) is 8.18. The van der Waals surface area contributed by atoms with E-state index in [1.165, 1.54) is 0 Å². The molecule has 0 amide bonds. The van der Waals surface area contributed by atoms with Crippen LogP contribution in [0.4, 0.5) is 0 Å². The molecule has 0 bridgehead atoms. The molecule has 100 valence electrons. The van der Waals surface area contributed by atoms with E-state index < -0.39 is 5.97 Å². The van der Waals surface area contributed by atoms with Crippen molar-refractivity contribution in [2.24, 2.45) is 5.73 Å². The van der Waals surface area contributed by atoms with Crippen molar-refractivity contribution < 1.29 is 9.90 Å². The van der Waals surface area contributed by atoms with E-state index in [1.54, 1.807) is 28.9 Å². The molecule has 0 atom stereocenters. The van der Waals surface area contributed by atoms with Crippen molar-refractivity contribution in [2.75, 3.05) is 0 Å². The molecule has 2 rings (SSSR count). The fraction of sp³-hybridized carbons (Fsp3) is 0.308. The summed E-state index contributed by atoms with van der Waals surface area (Å²) in [6.07, 6.45) is 0. The Kier molecular flexibility index (Phi) is 3.62. The molecule has 0 aliphatic carbocycles. The second-order valence-electron chi connectivity index (χ2n) is 4.55. The molecule has 0 aliphatic heterocycles. The van der Waals surface area contributed by atoms with Gasteiger partial charge in [0.15, 0.2) is 0 Å². The van der Waals surface area contributed by atoms with Crippen LogP contribution in [0.5, 0.6) is 0 Å². The Labute approximate surface area is 110 Å². The second-order valence-corrected chi connectivity index (χ2v) is 4.55. The summed E-state index contributed by atoms with van der Waals surface area (Å²) in [7, 11) is 0. The van der Waals surface area contributed by atoms with Crippen LogP contribution in [0.1, 0.15) is 41.5 Å². The minimum Gasteiger partial charge on any atom is -0.478 e. The summed E-state index contributed by atoms with van der Waals surface area (Å²) >= 11 is 0. The normalized spacial score (nSPS) is 10.9. The highest BCUT2D eigenvalue weighted by molar-refractivity contribution is 5.88. The number of benzene rings is 1. The number of hydrogen-bond donors (Lipinski definition) is 2. The molecule has 0 radical (unpaired) electrons. The van der Waals surface area contributed by atoms with E-state index in [9.17, 15) is 4.79 Å². The summed E-state index contributed by atoms with van der Waals surface area (Å²) < 4.78 is 1.65. The van der Waals surface area contributed by atoms with Crippen molar-refractivity contribution in [1.29, 1.82) is 0 Å². The monoisotopic (exact) mass is 260 g/mol. The first kappa shape index (κ1) is 13.2. The molecule has 19 heavy (non-hydrogen) atoms. The Morgan fingerprint density at radius 1 is 1.47 bits per heavy atom. The molecule has 0 unspecified atom stereocenters. The number of rotatable bonds is 4. The van der Waals surface area contributed by atoms with E-state index in [-0.39, 0.29) is 11.5 Å². The second kappa shape index (κ2) is 5.19. The minimum absolute atomic E-state index is 0.196. The zero-order chi connectivity index (χ0) is 14.0. The standard InChI is InChI=1S/C13H16N4O2/c1-8(2)12-11(7-14)15-16-17(12)10-5-3-4-9(6-10)13(18)19/h3-6,8H,7,14H2,1-2H3,(H,18,19). The summed E-state index contributed by atoms with van der Waals surface area (Å²) in [6, 6.07) is 6.60. The molecule has 0 saturated carbocycles. The smallest absolute Gasteiger partial charge is 0.335 e. The van der Waals surface area contributed by atoms with Gasteiger partial charge in [-0.2, -0.15) is 0 Å². The lowest BCUT2D eigenvalue weighted by Crippen LogP contribution is -2.08. The molecule has 1 aromatic carbocycles. The Balaban J connectivity index is 2.55. The van der Waals surface area contributed by atoms with Gasteiger partial charge in [-0.3, -0.25) is 0 Å². The van der Waals surface area contributed by atoms with Gasteiger partial charge >= 0.3 is 5.97 Å². The fourth-order valence-corrected chi connectivity index (χ4v) is 2.00. The van der Waals surface area contributed by atoms with Gasteiger partial charge < -0.3 is 10.8 Å². The molecule has 3 N–H and O–H groups in total. The maximum atomic E-state index is 11.0. The van der Waals surface area contributed by atoms with Crippen LogP contribution in [-0.4, -0.2) is 26.1 Å². The average Bonchev–Trinajstić information content (AvgIpc) is 2.82. The minimum atomic E-state index is -0.966. The number of nitrogens with zero attached hydrogens (tertiary/aromatic N) is 3. The van der Waals surface area contributed by atoms with Gasteiger partial charge in [-0.25, -0.2) is 9.48 Å². The molecule has 6 nitrogen and oxygen atoms in total. The molecule has 6 heteroatoms. The summed E-state index contributed by atoms with van der Waals surface area (Å²) in [5, 5.41) is 17.1. The number of carboxylic acids is 1. The number of carbonyl (C=O) groups is 1. The first-order chi connectivity index (χ1) is 9.04. The third-order valence-electron chi connectivity index (χ3n) is 2.86. The van der Waals surface area contributed by atoms with Crippen molar-refractivity contribution in [2.45, 2.75) is 26.3 Å². The highest BCUT2D eigenvalue weighted by atomic mass is 16.4. The van der Waals surface area contributed by atoms with Crippen LogP contribution in [-0.2, 0) is 6.54 Å². The Bertz CT molecular complexity index is 604. The third-order valence-corrected chi connectivity index (χ3v) is 2.86. The van der Waals surface area contributed by atoms with E-state index in [0.29, 0.717) is 12.2 Å². The molecule has 1 aromatic heterocycles. The first-order valence-electron chi connectivity index (χ1n) is 6.03. The van der Waals surface area contributed by atoms with Gasteiger partial charge in [0.1, 0.15) is 5.69 Å². The van der Waals surface area contributed by atoms with Gasteiger partial charge in [-0.1, -0.05) is 25.1 Å². The summed E-state index contributed by atoms with van der Waals surface area (Å²) in [6.45, 7) is 4.36. The van der Waals surface area contributed by atoms with Crippen LogP contribution in [0.3, 0.4) is 0 Å². The lowest BCUT2D eigenvalue weighted by Gasteiger charge is -2.10. The lowest BCUT2D eigenvalue weighted by atomic mass is 10.1. The van der Waals surface area contributed by atoms with Crippen LogP contribution in [0.15, 0.2) is 24.3 Å². The maximum absolute atomic E-state index is 11.0. The van der Waals surface area contributed by atoms with Crippen LogP contribution >= 0.6 is 0 Å². The van der Waals surface area contributed by atoms with Gasteiger partial charge in [0.05, 0.1) is 16.9 Å². The molecule has 0 fully saturated rings. The average molecular weight is 260 g/mol. The zero-order valence-corrected chi connectivity index (χ0v) is 10.9. The van der Waals surface area contributed by atoms with Crippen LogP contribution in [0.2, 0.25) is 0 Å². The van der Waals surface area contributed by atoms with Crippen molar-refractivity contribution in [1.82, 2.24) is 15.0 Å². The van der Waals surface area contributed by atoms with E-state index >= 15 is 0 Å². The summed E-state index contributed by atoms with van der Waals surface area (Å²) in [4.78, 5) is 11.0. The van der Waals surface area contributed by atoms with E-state index in [2.05, 4.69) is 10.3 Å². The Morgan fingerprint density at radius 2 is 2.21 bits per heavy atom. The lowest BCUT2D eigenvalue weighted by molar-refractivity contribution is 0.0697. The van der Waals surface area contributed by atoms with Crippen LogP contribution in [0.25, 0.3) is 5.69 Å². The third kappa shape index (κ3) is 2.48. The highest BCUT2D eigenvalue weighted by Crippen LogP contribution is 2.21. The van der Waals surface area contributed by atoms with Crippen molar-refractivity contribution in [3.63, 3.8) is 0 Å². The largest absolute Gasteiger partial charge is 0.478 e. The quantitative estimate of drug-likeness (QED) is 0.869. The van der Waals surface area contributed by atoms with E-state index in [1.807, 2.05) is 13.8 Å². The highest BCUT2D eigenvalue weighted by Gasteiger charge is 2.16. The molecule has 0 spiro atoms. The van der Waals surface area contributed by atoms with E-state index in [4.69, 9.17) is 10.8 Å². The predicted octanol–water partition coefficient (Wildman–Crippen LogP) is 1.55. The predicted molar refractivity (Wildman–Crippen MR) is 70.3 cm³/mol. The first-order valence-corrected chi connectivity index (χ1v) is 6.03. The number of carboxylic acid groups (broad SMARTS) is 1. The summed E-state index contributed by atoms with van der Waals surface area (Å²) in [5.74, 6) is -0.769. The molecule has 0 saturated heterocycles. The van der Waals surface area contributed by atoms with Crippen molar-refractivity contribution >= 4 is 5.97 Å². The Hall–Kier alpha value is -2.21. The maximum Gasteiger partial charge on any atom is 0.335 e. The molecular formula is C13H16N4O2. The molecular weight excluding hydrogens is 244 g/mol. The molecule has 0 aliphatic rings. The number of aromatic nitrogens is 3. The van der Waals surface area contributed by atoms with Crippen LogP contribution < -0.4 is 5.73 Å². The molecule has 1 heterocycles. The SMILES string of the molecule is CC(C)c1c(CN)nnn1-c1cccc(C(=O)O)c1. The fourth-order valence-electron chi connectivity index (χ4n) is 2.00. The Morgan fingerprint density at radius 3 is 2.79 bits per heavy atom. The van der Waals surface area contributed by atoms with Gasteiger partial charge in [0, 0.05) is 6.54 Å². The van der Waals surface area contributed by atoms with E-state index in [0.717, 1.165) is 11.4 Å².